The molecular weight excluding hydrogens is 415 g/mol. The van der Waals surface area contributed by atoms with E-state index in [0.29, 0.717) is 13.0 Å². The molecule has 7 heteroatoms. The van der Waals surface area contributed by atoms with Crippen molar-refractivity contribution >= 4 is 15.9 Å². The molecule has 1 N–H and O–H groups in total. The van der Waals surface area contributed by atoms with Gasteiger partial charge in [-0.25, -0.2) is 12.8 Å². The van der Waals surface area contributed by atoms with E-state index in [4.69, 9.17) is 0 Å². The summed E-state index contributed by atoms with van der Waals surface area (Å²) in [7, 11) is -3.90. The van der Waals surface area contributed by atoms with Crippen LogP contribution in [0.1, 0.15) is 29.2 Å². The highest BCUT2D eigenvalue weighted by molar-refractivity contribution is 7.89. The van der Waals surface area contributed by atoms with E-state index in [1.54, 1.807) is 0 Å². The van der Waals surface area contributed by atoms with Crippen molar-refractivity contribution in [1.29, 1.82) is 0 Å². The van der Waals surface area contributed by atoms with E-state index >= 15 is 0 Å². The molecule has 3 aromatic carbocycles. The van der Waals surface area contributed by atoms with Gasteiger partial charge in [-0.05, 0) is 47.4 Å². The van der Waals surface area contributed by atoms with Crippen LogP contribution in [0.15, 0.2) is 83.8 Å². The zero-order chi connectivity index (χ0) is 21.8. The summed E-state index contributed by atoms with van der Waals surface area (Å²) in [5.74, 6) is -0.732. The lowest BCUT2D eigenvalue weighted by Crippen LogP contribution is -2.42. The molecule has 0 spiro atoms. The van der Waals surface area contributed by atoms with Crippen LogP contribution in [0.25, 0.3) is 0 Å². The van der Waals surface area contributed by atoms with Gasteiger partial charge in [0.2, 0.25) is 15.9 Å². The predicted molar refractivity (Wildman–Crippen MR) is 116 cm³/mol. The Balaban J connectivity index is 1.60. The number of hydrogen-bond acceptors (Lipinski definition) is 3. The number of hydrogen-bond donors (Lipinski definition) is 1. The molecule has 3 aromatic rings. The van der Waals surface area contributed by atoms with Gasteiger partial charge in [0, 0.05) is 19.5 Å². The fourth-order valence-corrected chi connectivity index (χ4v) is 5.52. The Morgan fingerprint density at radius 1 is 0.968 bits per heavy atom. The third-order valence-corrected chi connectivity index (χ3v) is 7.42. The molecule has 4 rings (SSSR count). The molecule has 0 saturated heterocycles. The summed E-state index contributed by atoms with van der Waals surface area (Å²) in [5, 5.41) is 2.89. The SMILES string of the molecule is O=C(CC1c2ccccc2CCN1S(=O)(=O)c1ccc(F)cc1)NCc1ccccc1. The normalized spacial score (nSPS) is 16.5. The highest BCUT2D eigenvalue weighted by atomic mass is 32.2. The number of amides is 1. The van der Waals surface area contributed by atoms with E-state index in [1.807, 2.05) is 54.6 Å². The van der Waals surface area contributed by atoms with Gasteiger partial charge in [-0.3, -0.25) is 4.79 Å². The molecule has 1 amide bonds. The van der Waals surface area contributed by atoms with Gasteiger partial charge in [0.15, 0.2) is 0 Å². The Hall–Kier alpha value is -3.03. The maximum Gasteiger partial charge on any atom is 0.243 e. The third kappa shape index (κ3) is 4.68. The van der Waals surface area contributed by atoms with Gasteiger partial charge in [-0.1, -0.05) is 54.6 Å². The fraction of sp³-hybridized carbons (Fsp3) is 0.208. The molecule has 0 aliphatic carbocycles. The minimum absolute atomic E-state index is 0.00424. The van der Waals surface area contributed by atoms with E-state index in [-0.39, 0.29) is 23.8 Å². The zero-order valence-electron chi connectivity index (χ0n) is 16.9. The lowest BCUT2D eigenvalue weighted by Gasteiger charge is -2.36. The molecule has 1 aliphatic heterocycles. The number of halogens is 1. The second-order valence-corrected chi connectivity index (χ2v) is 9.39. The Morgan fingerprint density at radius 3 is 2.39 bits per heavy atom. The minimum atomic E-state index is -3.90. The molecule has 0 saturated carbocycles. The van der Waals surface area contributed by atoms with Crippen molar-refractivity contribution in [3.05, 3.63) is 101 Å². The van der Waals surface area contributed by atoms with E-state index in [9.17, 15) is 17.6 Å². The summed E-state index contributed by atoms with van der Waals surface area (Å²) in [5.41, 5.74) is 2.83. The van der Waals surface area contributed by atoms with Gasteiger partial charge in [-0.2, -0.15) is 4.31 Å². The highest BCUT2D eigenvalue weighted by Gasteiger charge is 2.37. The Labute approximate surface area is 181 Å². The smallest absolute Gasteiger partial charge is 0.243 e. The molecule has 1 heterocycles. The lowest BCUT2D eigenvalue weighted by molar-refractivity contribution is -0.122. The van der Waals surface area contributed by atoms with Gasteiger partial charge in [0.25, 0.3) is 0 Å². The monoisotopic (exact) mass is 438 g/mol. The van der Waals surface area contributed by atoms with Crippen LogP contribution >= 0.6 is 0 Å². The summed E-state index contributed by atoms with van der Waals surface area (Å²) in [6.07, 6.45) is 0.559. The van der Waals surface area contributed by atoms with Crippen molar-refractivity contribution in [3.63, 3.8) is 0 Å². The van der Waals surface area contributed by atoms with Crippen LogP contribution < -0.4 is 5.32 Å². The van der Waals surface area contributed by atoms with Gasteiger partial charge >= 0.3 is 0 Å². The topological polar surface area (TPSA) is 66.5 Å². The van der Waals surface area contributed by atoms with Crippen LogP contribution in [-0.4, -0.2) is 25.2 Å². The molecule has 0 aromatic heterocycles. The van der Waals surface area contributed by atoms with Crippen molar-refractivity contribution in [2.75, 3.05) is 6.54 Å². The van der Waals surface area contributed by atoms with Gasteiger partial charge in [-0.15, -0.1) is 0 Å². The number of fused-ring (bicyclic) bond motifs is 1. The largest absolute Gasteiger partial charge is 0.352 e. The van der Waals surface area contributed by atoms with Crippen molar-refractivity contribution in [1.82, 2.24) is 9.62 Å². The van der Waals surface area contributed by atoms with E-state index in [1.165, 1.54) is 16.4 Å². The van der Waals surface area contributed by atoms with Crippen LogP contribution in [0.4, 0.5) is 4.39 Å². The quantitative estimate of drug-likeness (QED) is 0.636. The average Bonchev–Trinajstić information content (AvgIpc) is 2.79. The Bertz CT molecular complexity index is 1160. The molecule has 31 heavy (non-hydrogen) atoms. The third-order valence-electron chi connectivity index (χ3n) is 5.49. The van der Waals surface area contributed by atoms with Gasteiger partial charge < -0.3 is 5.32 Å². The average molecular weight is 439 g/mol. The summed E-state index contributed by atoms with van der Waals surface area (Å²) in [4.78, 5) is 12.8. The molecule has 0 bridgehead atoms. The van der Waals surface area contributed by atoms with Crippen LogP contribution in [0.3, 0.4) is 0 Å². The summed E-state index contributed by atoms with van der Waals surface area (Å²) in [6.45, 7) is 0.631. The molecule has 160 valence electrons. The first kappa shape index (κ1) is 21.2. The van der Waals surface area contributed by atoms with E-state index < -0.39 is 21.9 Å². The van der Waals surface area contributed by atoms with Crippen molar-refractivity contribution in [3.8, 4) is 0 Å². The van der Waals surface area contributed by atoms with Crippen molar-refractivity contribution in [2.45, 2.75) is 30.3 Å². The first-order chi connectivity index (χ1) is 14.9. The number of nitrogens with zero attached hydrogens (tertiary/aromatic N) is 1. The molecule has 0 fully saturated rings. The number of benzene rings is 3. The standard InChI is InChI=1S/C24H23FN2O3S/c25-20-10-12-21(13-11-20)31(29,30)27-15-14-19-8-4-5-9-22(19)23(27)16-24(28)26-17-18-6-2-1-3-7-18/h1-13,23H,14-17H2,(H,26,28). The van der Waals surface area contributed by atoms with Crippen molar-refractivity contribution < 1.29 is 17.6 Å². The maximum atomic E-state index is 13.4. The second kappa shape index (κ2) is 8.99. The van der Waals surface area contributed by atoms with Gasteiger partial charge in [0.1, 0.15) is 5.82 Å². The summed E-state index contributed by atoms with van der Waals surface area (Å²) < 4.78 is 41.4. The zero-order valence-corrected chi connectivity index (χ0v) is 17.7. The lowest BCUT2D eigenvalue weighted by atomic mass is 9.92. The number of nitrogens with one attached hydrogen (secondary N) is 1. The first-order valence-electron chi connectivity index (χ1n) is 10.1. The molecule has 1 aliphatic rings. The van der Waals surface area contributed by atoms with Gasteiger partial charge in [0.05, 0.1) is 10.9 Å². The minimum Gasteiger partial charge on any atom is -0.352 e. The fourth-order valence-electron chi connectivity index (χ4n) is 3.91. The number of rotatable bonds is 6. The molecule has 1 atom stereocenters. The number of sulfonamides is 1. The molecule has 0 radical (unpaired) electrons. The van der Waals surface area contributed by atoms with Crippen LogP contribution in [-0.2, 0) is 27.8 Å². The maximum absolute atomic E-state index is 13.4. The van der Waals surface area contributed by atoms with Crippen molar-refractivity contribution in [2.24, 2.45) is 0 Å². The van der Waals surface area contributed by atoms with E-state index in [0.717, 1.165) is 28.8 Å². The second-order valence-electron chi connectivity index (χ2n) is 7.50. The molecule has 5 nitrogen and oxygen atoms in total. The summed E-state index contributed by atoms with van der Waals surface area (Å²) >= 11 is 0. The number of carbonyl (C=O) groups excluding carboxylic acids is 1. The molecule has 1 unspecified atom stereocenters. The summed E-state index contributed by atoms with van der Waals surface area (Å²) in [6, 6.07) is 21.3. The van der Waals surface area contributed by atoms with Crippen LogP contribution in [0.2, 0.25) is 0 Å². The first-order valence-corrected chi connectivity index (χ1v) is 11.5. The highest BCUT2D eigenvalue weighted by Crippen LogP contribution is 2.36. The number of carbonyl (C=O) groups is 1. The predicted octanol–water partition coefficient (Wildman–Crippen LogP) is 3.82. The van der Waals surface area contributed by atoms with Crippen LogP contribution in [0.5, 0.6) is 0 Å². The Kier molecular flexibility index (Phi) is 6.15. The Morgan fingerprint density at radius 2 is 1.65 bits per heavy atom. The molecular formula is C24H23FN2O3S. The van der Waals surface area contributed by atoms with Crippen LogP contribution in [0, 0.1) is 5.82 Å². The van der Waals surface area contributed by atoms with E-state index in [2.05, 4.69) is 5.32 Å².